The van der Waals surface area contributed by atoms with E-state index in [2.05, 4.69) is 26.1 Å². The molecule has 0 radical (unpaired) electrons. The van der Waals surface area contributed by atoms with Crippen molar-refractivity contribution in [2.45, 2.75) is 63.8 Å². The molecule has 1 amide bonds. The smallest absolute Gasteiger partial charge is 0.225 e. The maximum atomic E-state index is 12.3. The van der Waals surface area contributed by atoms with E-state index in [1.807, 2.05) is 24.3 Å². The highest BCUT2D eigenvalue weighted by Gasteiger charge is 2.44. The van der Waals surface area contributed by atoms with Crippen LogP contribution in [-0.2, 0) is 14.9 Å². The molecular formula is C19H27NO3. The molecule has 0 aromatic heterocycles. The molecule has 4 nitrogen and oxygen atoms in total. The summed E-state index contributed by atoms with van der Waals surface area (Å²) in [5.74, 6) is -0.0215. The molecule has 1 aromatic carbocycles. The van der Waals surface area contributed by atoms with E-state index in [1.165, 1.54) is 5.56 Å². The number of amides is 1. The SMILES string of the molecule is CC(C)(C)c1ccc(C(O)CNC(=O)C2CC3CCC2O3)cc1. The van der Waals surface area contributed by atoms with E-state index < -0.39 is 6.10 Å². The second-order valence-electron chi connectivity index (χ2n) is 7.85. The van der Waals surface area contributed by atoms with Gasteiger partial charge < -0.3 is 15.2 Å². The zero-order valence-corrected chi connectivity index (χ0v) is 14.2. The topological polar surface area (TPSA) is 58.6 Å². The van der Waals surface area contributed by atoms with Crippen LogP contribution < -0.4 is 5.32 Å². The van der Waals surface area contributed by atoms with Crippen LogP contribution >= 0.6 is 0 Å². The zero-order valence-electron chi connectivity index (χ0n) is 14.2. The lowest BCUT2D eigenvalue weighted by Crippen LogP contribution is -2.38. The number of ether oxygens (including phenoxy) is 1. The van der Waals surface area contributed by atoms with Gasteiger partial charge in [0.1, 0.15) is 0 Å². The minimum Gasteiger partial charge on any atom is -0.387 e. The minimum absolute atomic E-state index is 0.0163. The van der Waals surface area contributed by atoms with Crippen LogP contribution in [0.5, 0.6) is 0 Å². The molecular weight excluding hydrogens is 290 g/mol. The molecule has 4 unspecified atom stereocenters. The molecule has 4 atom stereocenters. The van der Waals surface area contributed by atoms with Gasteiger partial charge in [-0.1, -0.05) is 45.0 Å². The van der Waals surface area contributed by atoms with Crippen LogP contribution in [0, 0.1) is 5.92 Å². The Morgan fingerprint density at radius 2 is 2.00 bits per heavy atom. The molecule has 2 bridgehead atoms. The summed E-state index contributed by atoms with van der Waals surface area (Å²) in [6, 6.07) is 7.98. The lowest BCUT2D eigenvalue weighted by Gasteiger charge is -2.21. The molecule has 2 fully saturated rings. The molecule has 2 saturated heterocycles. The summed E-state index contributed by atoms with van der Waals surface area (Å²) >= 11 is 0. The van der Waals surface area contributed by atoms with Gasteiger partial charge >= 0.3 is 0 Å². The number of aliphatic hydroxyl groups is 1. The first-order chi connectivity index (χ1) is 10.8. The Balaban J connectivity index is 1.53. The van der Waals surface area contributed by atoms with E-state index in [4.69, 9.17) is 4.74 Å². The summed E-state index contributed by atoms with van der Waals surface area (Å²) in [5, 5.41) is 13.2. The third-order valence-electron chi connectivity index (χ3n) is 5.07. The number of rotatable bonds is 4. The van der Waals surface area contributed by atoms with Gasteiger partial charge in [-0.3, -0.25) is 4.79 Å². The summed E-state index contributed by atoms with van der Waals surface area (Å²) in [6.45, 7) is 6.74. The highest BCUT2D eigenvalue weighted by molar-refractivity contribution is 5.79. The first-order valence-corrected chi connectivity index (χ1v) is 8.56. The average molecular weight is 317 g/mol. The van der Waals surface area contributed by atoms with Crippen LogP contribution in [0.15, 0.2) is 24.3 Å². The number of fused-ring (bicyclic) bond motifs is 2. The Kier molecular flexibility index (Phi) is 4.47. The third-order valence-corrected chi connectivity index (χ3v) is 5.07. The predicted octanol–water partition coefficient (Wildman–Crippen LogP) is 2.70. The molecule has 2 aliphatic rings. The van der Waals surface area contributed by atoms with Crippen molar-refractivity contribution in [1.82, 2.24) is 5.32 Å². The quantitative estimate of drug-likeness (QED) is 0.897. The van der Waals surface area contributed by atoms with Gasteiger partial charge in [0, 0.05) is 6.54 Å². The maximum Gasteiger partial charge on any atom is 0.225 e. The van der Waals surface area contributed by atoms with E-state index in [1.54, 1.807) is 0 Å². The lowest BCUT2D eigenvalue weighted by atomic mass is 9.86. The molecule has 126 valence electrons. The van der Waals surface area contributed by atoms with Gasteiger partial charge in [0.05, 0.1) is 24.2 Å². The van der Waals surface area contributed by atoms with Gasteiger partial charge in [0.25, 0.3) is 0 Å². The van der Waals surface area contributed by atoms with Crippen LogP contribution in [0.25, 0.3) is 0 Å². The number of benzene rings is 1. The number of carbonyl (C=O) groups excluding carboxylic acids is 1. The minimum atomic E-state index is -0.674. The van der Waals surface area contributed by atoms with Crippen molar-refractivity contribution in [1.29, 1.82) is 0 Å². The summed E-state index contributed by atoms with van der Waals surface area (Å²) in [5.41, 5.74) is 2.17. The van der Waals surface area contributed by atoms with Crippen molar-refractivity contribution in [2.24, 2.45) is 5.92 Å². The lowest BCUT2D eigenvalue weighted by molar-refractivity contribution is -0.127. The van der Waals surface area contributed by atoms with Crippen molar-refractivity contribution in [3.8, 4) is 0 Å². The van der Waals surface area contributed by atoms with Crippen molar-refractivity contribution in [3.05, 3.63) is 35.4 Å². The Hall–Kier alpha value is -1.39. The highest BCUT2D eigenvalue weighted by Crippen LogP contribution is 2.38. The Labute approximate surface area is 138 Å². The van der Waals surface area contributed by atoms with Crippen LogP contribution in [0.4, 0.5) is 0 Å². The fourth-order valence-electron chi connectivity index (χ4n) is 3.57. The first kappa shape index (κ1) is 16.5. The monoisotopic (exact) mass is 317 g/mol. The number of carbonyl (C=O) groups is 1. The van der Waals surface area contributed by atoms with E-state index >= 15 is 0 Å². The molecule has 0 saturated carbocycles. The molecule has 1 aromatic rings. The number of aliphatic hydroxyl groups excluding tert-OH is 1. The number of nitrogens with one attached hydrogen (secondary N) is 1. The molecule has 4 heteroatoms. The molecule has 0 aliphatic carbocycles. The maximum absolute atomic E-state index is 12.3. The van der Waals surface area contributed by atoms with E-state index in [0.29, 0.717) is 0 Å². The van der Waals surface area contributed by atoms with Gasteiger partial charge in [-0.15, -0.1) is 0 Å². The Morgan fingerprint density at radius 1 is 1.30 bits per heavy atom. The number of hydrogen-bond donors (Lipinski definition) is 2. The molecule has 3 rings (SSSR count). The van der Waals surface area contributed by atoms with Crippen LogP contribution in [0.1, 0.15) is 57.3 Å². The molecule has 0 spiro atoms. The fraction of sp³-hybridized carbons (Fsp3) is 0.632. The summed E-state index contributed by atoms with van der Waals surface area (Å²) in [6.07, 6.45) is 2.57. The van der Waals surface area contributed by atoms with Crippen LogP contribution in [-0.4, -0.2) is 29.8 Å². The Bertz CT molecular complexity index is 561. The van der Waals surface area contributed by atoms with E-state index in [-0.39, 0.29) is 36.0 Å². The normalized spacial score (nSPS) is 27.9. The second-order valence-corrected chi connectivity index (χ2v) is 7.85. The predicted molar refractivity (Wildman–Crippen MR) is 89.1 cm³/mol. The second kappa shape index (κ2) is 6.25. The summed E-state index contributed by atoms with van der Waals surface area (Å²) < 4.78 is 5.72. The summed E-state index contributed by atoms with van der Waals surface area (Å²) in [4.78, 5) is 12.3. The average Bonchev–Trinajstić information content (AvgIpc) is 3.14. The molecule has 2 N–H and O–H groups in total. The fourth-order valence-corrected chi connectivity index (χ4v) is 3.57. The standard InChI is InChI=1S/C19H27NO3/c1-19(2,3)13-6-4-12(5-7-13)16(21)11-20-18(22)15-10-14-8-9-17(15)23-14/h4-7,14-17,21H,8-11H2,1-3H3,(H,20,22). The van der Waals surface area contributed by atoms with Crippen molar-refractivity contribution < 1.29 is 14.6 Å². The van der Waals surface area contributed by atoms with Crippen molar-refractivity contribution in [2.75, 3.05) is 6.54 Å². The van der Waals surface area contributed by atoms with Crippen molar-refractivity contribution in [3.63, 3.8) is 0 Å². The highest BCUT2D eigenvalue weighted by atomic mass is 16.5. The van der Waals surface area contributed by atoms with E-state index in [9.17, 15) is 9.90 Å². The van der Waals surface area contributed by atoms with Gasteiger partial charge in [-0.05, 0) is 35.8 Å². The van der Waals surface area contributed by atoms with Gasteiger partial charge in [0.2, 0.25) is 5.91 Å². The summed E-state index contributed by atoms with van der Waals surface area (Å²) in [7, 11) is 0. The van der Waals surface area contributed by atoms with Gasteiger partial charge in [0.15, 0.2) is 0 Å². The molecule has 2 heterocycles. The number of hydrogen-bond acceptors (Lipinski definition) is 3. The Morgan fingerprint density at radius 3 is 2.52 bits per heavy atom. The zero-order chi connectivity index (χ0) is 16.6. The first-order valence-electron chi connectivity index (χ1n) is 8.56. The molecule has 2 aliphatic heterocycles. The van der Waals surface area contributed by atoms with Gasteiger partial charge in [-0.2, -0.15) is 0 Å². The molecule has 23 heavy (non-hydrogen) atoms. The van der Waals surface area contributed by atoms with Crippen molar-refractivity contribution >= 4 is 5.91 Å². The van der Waals surface area contributed by atoms with Crippen LogP contribution in [0.3, 0.4) is 0 Å². The van der Waals surface area contributed by atoms with Crippen LogP contribution in [0.2, 0.25) is 0 Å². The van der Waals surface area contributed by atoms with Gasteiger partial charge in [-0.25, -0.2) is 0 Å². The van der Waals surface area contributed by atoms with E-state index in [0.717, 1.165) is 24.8 Å². The largest absolute Gasteiger partial charge is 0.387 e. The third kappa shape index (κ3) is 3.59.